The number of anilines is 1. The summed E-state index contributed by atoms with van der Waals surface area (Å²) in [7, 11) is 0. The van der Waals surface area contributed by atoms with E-state index in [2.05, 4.69) is 0 Å². The molecule has 5 rings (SSSR count). The molecule has 0 heterocycles. The third kappa shape index (κ3) is 6.82. The van der Waals surface area contributed by atoms with Crippen LogP contribution in [0.1, 0.15) is 29.0 Å². The third-order valence-electron chi connectivity index (χ3n) is 6.94. The van der Waals surface area contributed by atoms with Gasteiger partial charge in [0.1, 0.15) is 19.3 Å². The van der Waals surface area contributed by atoms with Crippen LogP contribution in [-0.2, 0) is 25.7 Å². The number of nitro benzene ring substituents is 1. The molecular weight excluding hydrogens is 570 g/mol. The van der Waals surface area contributed by atoms with E-state index >= 15 is 0 Å². The molecule has 4 N–H and O–H groups in total. The van der Waals surface area contributed by atoms with Crippen molar-refractivity contribution in [1.29, 1.82) is 0 Å². The minimum Gasteiger partial charge on any atom is -0.465 e. The molecule has 224 valence electrons. The van der Waals surface area contributed by atoms with E-state index in [0.717, 1.165) is 40.5 Å². The van der Waals surface area contributed by atoms with E-state index in [-0.39, 0.29) is 24.9 Å². The van der Waals surface area contributed by atoms with Crippen LogP contribution in [0.25, 0.3) is 11.1 Å². The first-order valence-corrected chi connectivity index (χ1v) is 13.5. The van der Waals surface area contributed by atoms with Crippen LogP contribution >= 0.6 is 0 Å². The predicted octanol–water partition coefficient (Wildman–Crippen LogP) is 4.87. The Kier molecular flexibility index (Phi) is 8.82. The fourth-order valence-electron chi connectivity index (χ4n) is 4.77. The summed E-state index contributed by atoms with van der Waals surface area (Å²) >= 11 is 0. The number of esters is 2. The Balaban J connectivity index is 1.19. The summed E-state index contributed by atoms with van der Waals surface area (Å²) in [5.41, 5.74) is 16.5. The summed E-state index contributed by atoms with van der Waals surface area (Å²) in [4.78, 5) is 48.3. The molecule has 0 saturated carbocycles. The SMILES string of the molecule is Nc1ccc(COC(=O)Oc2ccc([N+](=O)[O-])cc2OC(=O)C(N)CC(=O)OCC2c3ccccc3-c3ccccc32)cc1. The molecule has 0 amide bonds. The number of nitro groups is 1. The zero-order valence-corrected chi connectivity index (χ0v) is 23.2. The summed E-state index contributed by atoms with van der Waals surface area (Å²) in [5.74, 6) is -2.81. The number of carbonyl (C=O) groups excluding carboxylic acids is 3. The molecule has 1 unspecified atom stereocenters. The number of non-ortho nitro benzene ring substituents is 1. The monoisotopic (exact) mass is 597 g/mol. The van der Waals surface area contributed by atoms with E-state index in [4.69, 9.17) is 30.4 Å². The van der Waals surface area contributed by atoms with Crippen LogP contribution in [0.4, 0.5) is 16.2 Å². The lowest BCUT2D eigenvalue weighted by atomic mass is 9.98. The van der Waals surface area contributed by atoms with Gasteiger partial charge >= 0.3 is 18.1 Å². The van der Waals surface area contributed by atoms with Gasteiger partial charge in [-0.25, -0.2) is 9.59 Å². The number of nitrogen functional groups attached to an aromatic ring is 1. The fraction of sp³-hybridized carbons (Fsp3) is 0.156. The summed E-state index contributed by atoms with van der Waals surface area (Å²) in [6.07, 6.45) is -1.68. The van der Waals surface area contributed by atoms with Gasteiger partial charge in [-0.2, -0.15) is 0 Å². The quantitative estimate of drug-likeness (QED) is 0.0635. The Morgan fingerprint density at radius 1 is 0.818 bits per heavy atom. The highest BCUT2D eigenvalue weighted by Gasteiger charge is 2.30. The highest BCUT2D eigenvalue weighted by Crippen LogP contribution is 2.44. The lowest BCUT2D eigenvalue weighted by molar-refractivity contribution is -0.384. The van der Waals surface area contributed by atoms with Crippen LogP contribution in [0, 0.1) is 10.1 Å². The largest absolute Gasteiger partial charge is 0.514 e. The van der Waals surface area contributed by atoms with Crippen molar-refractivity contribution in [1.82, 2.24) is 0 Å². The molecule has 0 radical (unpaired) electrons. The second kappa shape index (κ2) is 13.0. The zero-order valence-electron chi connectivity index (χ0n) is 23.2. The number of ether oxygens (including phenoxy) is 4. The normalized spacial score (nSPS) is 12.4. The predicted molar refractivity (Wildman–Crippen MR) is 158 cm³/mol. The van der Waals surface area contributed by atoms with Crippen LogP contribution in [-0.4, -0.2) is 35.7 Å². The Hall–Kier alpha value is -5.75. The number of hydrogen-bond donors (Lipinski definition) is 2. The maximum absolute atomic E-state index is 12.8. The average Bonchev–Trinajstić information content (AvgIpc) is 3.34. The lowest BCUT2D eigenvalue weighted by Gasteiger charge is -2.16. The van der Waals surface area contributed by atoms with Crippen molar-refractivity contribution < 1.29 is 38.3 Å². The second-order valence-electron chi connectivity index (χ2n) is 9.91. The molecule has 1 atom stereocenters. The van der Waals surface area contributed by atoms with E-state index in [9.17, 15) is 24.5 Å². The van der Waals surface area contributed by atoms with E-state index in [1.165, 1.54) is 0 Å². The van der Waals surface area contributed by atoms with E-state index in [1.54, 1.807) is 24.3 Å². The van der Waals surface area contributed by atoms with Gasteiger partial charge in [-0.05, 0) is 46.0 Å². The zero-order chi connectivity index (χ0) is 31.2. The molecule has 0 aliphatic heterocycles. The van der Waals surface area contributed by atoms with Crippen LogP contribution < -0.4 is 20.9 Å². The molecule has 0 spiro atoms. The molecule has 0 fully saturated rings. The van der Waals surface area contributed by atoms with E-state index < -0.39 is 46.9 Å². The minimum absolute atomic E-state index is 0.0377. The number of nitrogens with two attached hydrogens (primary N) is 2. The Morgan fingerprint density at radius 3 is 2.09 bits per heavy atom. The van der Waals surface area contributed by atoms with Crippen LogP contribution in [0.5, 0.6) is 11.5 Å². The number of benzene rings is 4. The maximum Gasteiger partial charge on any atom is 0.514 e. The fourth-order valence-corrected chi connectivity index (χ4v) is 4.77. The van der Waals surface area contributed by atoms with Crippen LogP contribution in [0.15, 0.2) is 91.0 Å². The van der Waals surface area contributed by atoms with Crippen LogP contribution in [0.2, 0.25) is 0 Å². The highest BCUT2D eigenvalue weighted by atomic mass is 16.7. The molecule has 0 saturated heterocycles. The molecule has 12 nitrogen and oxygen atoms in total. The van der Waals surface area contributed by atoms with Crippen LogP contribution in [0.3, 0.4) is 0 Å². The molecule has 4 aromatic carbocycles. The van der Waals surface area contributed by atoms with Gasteiger partial charge in [0, 0.05) is 17.7 Å². The molecule has 4 aromatic rings. The molecule has 1 aliphatic carbocycles. The third-order valence-corrected chi connectivity index (χ3v) is 6.94. The number of rotatable bonds is 10. The minimum atomic E-state index is -1.48. The van der Waals surface area contributed by atoms with Crippen molar-refractivity contribution in [2.24, 2.45) is 5.73 Å². The summed E-state index contributed by atoms with van der Waals surface area (Å²) in [5, 5.41) is 11.3. The van der Waals surface area contributed by atoms with E-state index in [1.807, 2.05) is 48.5 Å². The first-order valence-electron chi connectivity index (χ1n) is 13.5. The first kappa shape index (κ1) is 29.7. The van der Waals surface area contributed by atoms with Gasteiger partial charge in [-0.15, -0.1) is 0 Å². The summed E-state index contributed by atoms with van der Waals surface area (Å²) < 4.78 is 20.9. The molecule has 1 aliphatic rings. The van der Waals surface area contributed by atoms with Crippen molar-refractivity contribution in [2.45, 2.75) is 25.0 Å². The standard InChI is InChI=1S/C32H27N3O9/c33-20-11-9-19(10-12-20)17-42-32(38)44-28-14-13-21(35(39)40)15-29(28)43-31(37)27(34)16-30(36)41-18-26-24-7-3-1-5-22(24)23-6-2-4-8-25(23)26/h1-15,26-27H,16-18,33-34H2. The van der Waals surface area contributed by atoms with Gasteiger partial charge in [0.05, 0.1) is 17.4 Å². The van der Waals surface area contributed by atoms with Crippen molar-refractivity contribution >= 4 is 29.5 Å². The summed E-state index contributed by atoms with van der Waals surface area (Å²) in [6, 6.07) is 23.8. The topological polar surface area (TPSA) is 183 Å². The Labute approximate surface area is 251 Å². The lowest BCUT2D eigenvalue weighted by Crippen LogP contribution is -2.37. The van der Waals surface area contributed by atoms with Crippen molar-refractivity contribution in [3.05, 3.63) is 118 Å². The molecule has 12 heteroatoms. The van der Waals surface area contributed by atoms with E-state index in [0.29, 0.717) is 11.3 Å². The van der Waals surface area contributed by atoms with Gasteiger partial charge in [0.15, 0.2) is 11.5 Å². The number of carbonyl (C=O) groups is 3. The van der Waals surface area contributed by atoms with Gasteiger partial charge < -0.3 is 30.4 Å². The first-order chi connectivity index (χ1) is 21.2. The van der Waals surface area contributed by atoms with Gasteiger partial charge in [0.25, 0.3) is 5.69 Å². The summed E-state index contributed by atoms with van der Waals surface area (Å²) in [6.45, 7) is -0.109. The maximum atomic E-state index is 12.8. The van der Waals surface area contributed by atoms with Gasteiger partial charge in [0.2, 0.25) is 0 Å². The smallest absolute Gasteiger partial charge is 0.465 e. The molecule has 0 bridgehead atoms. The number of fused-ring (bicyclic) bond motifs is 3. The van der Waals surface area contributed by atoms with Gasteiger partial charge in [-0.3, -0.25) is 14.9 Å². The van der Waals surface area contributed by atoms with Crippen molar-refractivity contribution in [3.63, 3.8) is 0 Å². The Morgan fingerprint density at radius 2 is 1.45 bits per heavy atom. The molecular formula is C32H27N3O9. The van der Waals surface area contributed by atoms with Crippen molar-refractivity contribution in [3.8, 4) is 22.6 Å². The average molecular weight is 598 g/mol. The number of hydrogen-bond acceptors (Lipinski definition) is 11. The van der Waals surface area contributed by atoms with Gasteiger partial charge in [-0.1, -0.05) is 60.7 Å². The highest BCUT2D eigenvalue weighted by molar-refractivity contribution is 5.85. The van der Waals surface area contributed by atoms with Crippen molar-refractivity contribution in [2.75, 3.05) is 12.3 Å². The Bertz CT molecular complexity index is 1680. The molecule has 44 heavy (non-hydrogen) atoms. The molecule has 0 aromatic heterocycles. The number of nitrogens with zero attached hydrogens (tertiary/aromatic N) is 1. The second-order valence-corrected chi connectivity index (χ2v) is 9.91.